The van der Waals surface area contributed by atoms with Crippen LogP contribution < -0.4 is 5.32 Å². The van der Waals surface area contributed by atoms with E-state index in [-0.39, 0.29) is 0 Å². The zero-order valence-corrected chi connectivity index (χ0v) is 13.0. The van der Waals surface area contributed by atoms with E-state index in [1.165, 1.54) is 5.56 Å². The first kappa shape index (κ1) is 14.3. The number of rotatable bonds is 5. The number of anilines is 1. The van der Waals surface area contributed by atoms with Crippen LogP contribution in [0.2, 0.25) is 0 Å². The molecule has 24 heavy (non-hydrogen) atoms. The van der Waals surface area contributed by atoms with E-state index >= 15 is 0 Å². The van der Waals surface area contributed by atoms with E-state index in [1.807, 2.05) is 41.1 Å². The Morgan fingerprint density at radius 3 is 2.62 bits per heavy atom. The van der Waals surface area contributed by atoms with E-state index in [4.69, 9.17) is 0 Å². The molecule has 1 aromatic carbocycles. The number of benzene rings is 1. The normalized spacial score (nSPS) is 10.8. The molecule has 0 atom stereocenters. The lowest BCUT2D eigenvalue weighted by Gasteiger charge is -2.06. The molecule has 4 aromatic rings. The Kier molecular flexibility index (Phi) is 3.85. The van der Waals surface area contributed by atoms with Gasteiger partial charge in [-0.2, -0.15) is 5.10 Å². The molecule has 0 unspecified atom stereocenters. The molecule has 3 aromatic heterocycles. The highest BCUT2D eigenvalue weighted by Gasteiger charge is 2.10. The molecular formula is C18H16N6. The Morgan fingerprint density at radius 2 is 1.79 bits per heavy atom. The number of aromatic nitrogens is 5. The van der Waals surface area contributed by atoms with Crippen molar-refractivity contribution in [2.45, 2.75) is 13.1 Å². The molecule has 6 heteroatoms. The van der Waals surface area contributed by atoms with Gasteiger partial charge in [-0.15, -0.1) is 0 Å². The number of hydrogen-bond donors (Lipinski definition) is 1. The second-order valence-corrected chi connectivity index (χ2v) is 5.42. The average molecular weight is 316 g/mol. The Bertz CT molecular complexity index is 934. The molecule has 118 valence electrons. The van der Waals surface area contributed by atoms with Crippen molar-refractivity contribution in [2.75, 3.05) is 5.32 Å². The second kappa shape index (κ2) is 6.45. The van der Waals surface area contributed by atoms with Crippen LogP contribution in [0.4, 0.5) is 5.82 Å². The van der Waals surface area contributed by atoms with E-state index in [0.717, 1.165) is 22.5 Å². The van der Waals surface area contributed by atoms with Crippen molar-refractivity contribution >= 4 is 16.9 Å². The minimum Gasteiger partial charge on any atom is -0.364 e. The maximum Gasteiger partial charge on any atom is 0.163 e. The van der Waals surface area contributed by atoms with Gasteiger partial charge in [0.2, 0.25) is 0 Å². The summed E-state index contributed by atoms with van der Waals surface area (Å²) in [5.74, 6) is 0.768. The Balaban J connectivity index is 1.59. The summed E-state index contributed by atoms with van der Waals surface area (Å²) in [6.07, 6.45) is 5.15. The quantitative estimate of drug-likeness (QED) is 0.613. The summed E-state index contributed by atoms with van der Waals surface area (Å²) < 4.78 is 1.89. The van der Waals surface area contributed by atoms with Gasteiger partial charge >= 0.3 is 0 Å². The third-order valence-electron chi connectivity index (χ3n) is 3.77. The third-order valence-corrected chi connectivity index (χ3v) is 3.77. The summed E-state index contributed by atoms with van der Waals surface area (Å²) in [5, 5.41) is 8.69. The molecule has 1 N–H and O–H groups in total. The molecule has 0 fully saturated rings. The summed E-state index contributed by atoms with van der Waals surface area (Å²) in [6.45, 7) is 1.29. The zero-order chi connectivity index (χ0) is 16.2. The zero-order valence-electron chi connectivity index (χ0n) is 13.0. The van der Waals surface area contributed by atoms with Gasteiger partial charge in [-0.25, -0.2) is 14.6 Å². The smallest absolute Gasteiger partial charge is 0.163 e. The van der Waals surface area contributed by atoms with E-state index in [9.17, 15) is 0 Å². The molecule has 4 rings (SSSR count). The van der Waals surface area contributed by atoms with Crippen LogP contribution in [0.25, 0.3) is 11.0 Å². The fourth-order valence-corrected chi connectivity index (χ4v) is 2.58. The molecule has 0 aliphatic rings. The highest BCUT2D eigenvalue weighted by Crippen LogP contribution is 2.19. The standard InChI is InChI=1S/C18H16N6/c1-2-6-14(7-3-1)12-24-18-16(11-23-24)17(21-13-22-18)20-10-15-8-4-5-9-19-15/h1-9,11,13H,10,12H2,(H,20,21,22). The molecular weight excluding hydrogens is 300 g/mol. The minimum atomic E-state index is 0.608. The van der Waals surface area contributed by atoms with Gasteiger partial charge in [-0.05, 0) is 17.7 Å². The lowest BCUT2D eigenvalue weighted by Crippen LogP contribution is -2.05. The van der Waals surface area contributed by atoms with Gasteiger partial charge in [0.15, 0.2) is 5.65 Å². The maximum atomic E-state index is 4.46. The highest BCUT2D eigenvalue weighted by molar-refractivity contribution is 5.86. The van der Waals surface area contributed by atoms with Crippen LogP contribution in [0.3, 0.4) is 0 Å². The lowest BCUT2D eigenvalue weighted by molar-refractivity contribution is 0.703. The fraction of sp³-hybridized carbons (Fsp3) is 0.111. The van der Waals surface area contributed by atoms with Gasteiger partial charge in [-0.3, -0.25) is 4.98 Å². The maximum absolute atomic E-state index is 4.46. The Labute approximate surface area is 139 Å². The van der Waals surface area contributed by atoms with Crippen molar-refractivity contribution in [3.05, 3.63) is 78.5 Å². The van der Waals surface area contributed by atoms with Gasteiger partial charge < -0.3 is 5.32 Å². The number of pyridine rings is 1. The molecule has 6 nitrogen and oxygen atoms in total. The largest absolute Gasteiger partial charge is 0.364 e. The summed E-state index contributed by atoms with van der Waals surface area (Å²) in [4.78, 5) is 13.0. The predicted molar refractivity (Wildman–Crippen MR) is 92.4 cm³/mol. The first-order chi connectivity index (χ1) is 11.9. The van der Waals surface area contributed by atoms with Gasteiger partial charge in [0, 0.05) is 6.20 Å². The molecule has 0 aliphatic heterocycles. The topological polar surface area (TPSA) is 68.5 Å². The van der Waals surface area contributed by atoms with Gasteiger partial charge in [0.05, 0.1) is 30.4 Å². The van der Waals surface area contributed by atoms with E-state index in [1.54, 1.807) is 18.7 Å². The fourth-order valence-electron chi connectivity index (χ4n) is 2.58. The van der Waals surface area contributed by atoms with E-state index < -0.39 is 0 Å². The van der Waals surface area contributed by atoms with Gasteiger partial charge in [0.25, 0.3) is 0 Å². The molecule has 0 radical (unpaired) electrons. The van der Waals surface area contributed by atoms with Crippen LogP contribution >= 0.6 is 0 Å². The van der Waals surface area contributed by atoms with Crippen molar-refractivity contribution in [1.29, 1.82) is 0 Å². The summed E-state index contributed by atoms with van der Waals surface area (Å²) >= 11 is 0. The molecule has 3 heterocycles. The summed E-state index contributed by atoms with van der Waals surface area (Å²) in [5.41, 5.74) is 2.96. The van der Waals surface area contributed by atoms with Crippen molar-refractivity contribution in [3.63, 3.8) is 0 Å². The third kappa shape index (κ3) is 2.94. The molecule has 0 spiro atoms. The second-order valence-electron chi connectivity index (χ2n) is 5.42. The number of nitrogens with one attached hydrogen (secondary N) is 1. The SMILES string of the molecule is c1ccc(Cn2ncc3c(NCc4ccccn4)ncnc32)cc1. The van der Waals surface area contributed by atoms with Crippen LogP contribution in [-0.2, 0) is 13.1 Å². The Morgan fingerprint density at radius 1 is 0.917 bits per heavy atom. The van der Waals surface area contributed by atoms with Gasteiger partial charge in [-0.1, -0.05) is 36.4 Å². The van der Waals surface area contributed by atoms with Crippen molar-refractivity contribution in [1.82, 2.24) is 24.7 Å². The van der Waals surface area contributed by atoms with Gasteiger partial charge in [0.1, 0.15) is 12.1 Å². The van der Waals surface area contributed by atoms with Crippen LogP contribution in [0.15, 0.2) is 67.3 Å². The van der Waals surface area contributed by atoms with Crippen molar-refractivity contribution in [2.24, 2.45) is 0 Å². The van der Waals surface area contributed by atoms with Crippen LogP contribution in [0.1, 0.15) is 11.3 Å². The average Bonchev–Trinajstić information content (AvgIpc) is 3.05. The van der Waals surface area contributed by atoms with E-state index in [0.29, 0.717) is 13.1 Å². The molecule has 0 saturated carbocycles. The highest BCUT2D eigenvalue weighted by atomic mass is 15.3. The first-order valence-electron chi connectivity index (χ1n) is 7.74. The molecule has 0 bridgehead atoms. The molecule has 0 aliphatic carbocycles. The van der Waals surface area contributed by atoms with Crippen LogP contribution in [0.5, 0.6) is 0 Å². The number of hydrogen-bond acceptors (Lipinski definition) is 5. The summed E-state index contributed by atoms with van der Waals surface area (Å²) in [6, 6.07) is 16.1. The molecule has 0 amide bonds. The van der Waals surface area contributed by atoms with E-state index in [2.05, 4.69) is 37.5 Å². The van der Waals surface area contributed by atoms with Crippen LogP contribution in [0, 0.1) is 0 Å². The number of fused-ring (bicyclic) bond motifs is 1. The summed E-state index contributed by atoms with van der Waals surface area (Å²) in [7, 11) is 0. The monoisotopic (exact) mass is 316 g/mol. The minimum absolute atomic E-state index is 0.608. The lowest BCUT2D eigenvalue weighted by atomic mass is 10.2. The van der Waals surface area contributed by atoms with Crippen molar-refractivity contribution < 1.29 is 0 Å². The predicted octanol–water partition coefficient (Wildman–Crippen LogP) is 2.88. The first-order valence-corrected chi connectivity index (χ1v) is 7.74. The number of nitrogens with zero attached hydrogens (tertiary/aromatic N) is 5. The van der Waals surface area contributed by atoms with Crippen LogP contribution in [-0.4, -0.2) is 24.7 Å². The Hall–Kier alpha value is -3.28. The molecule has 0 saturated heterocycles. The van der Waals surface area contributed by atoms with Crippen molar-refractivity contribution in [3.8, 4) is 0 Å².